The molecule has 1 aromatic rings. The van der Waals surface area contributed by atoms with Crippen LogP contribution >= 0.6 is 11.8 Å². The monoisotopic (exact) mass is 397 g/mol. The molecule has 9 heteroatoms. The molecule has 4 rings (SSSR count). The smallest absolute Gasteiger partial charge is 0.282 e. The van der Waals surface area contributed by atoms with Crippen LogP contribution in [0.3, 0.4) is 0 Å². The molecule has 0 radical (unpaired) electrons. The molecule has 1 aromatic carbocycles. The van der Waals surface area contributed by atoms with Crippen LogP contribution in [-0.2, 0) is 23.7 Å². The topological polar surface area (TPSA) is 89.3 Å². The van der Waals surface area contributed by atoms with Gasteiger partial charge in [-0.15, -0.1) is 0 Å². The third-order valence-electron chi connectivity index (χ3n) is 4.75. The number of nitro groups is 1. The van der Waals surface area contributed by atoms with E-state index in [1.165, 1.54) is 17.8 Å². The maximum atomic E-state index is 11.3. The molecule has 0 N–H and O–H groups in total. The van der Waals surface area contributed by atoms with Gasteiger partial charge in [0.25, 0.3) is 5.69 Å². The van der Waals surface area contributed by atoms with Crippen molar-refractivity contribution in [2.24, 2.45) is 0 Å². The highest BCUT2D eigenvalue weighted by atomic mass is 32.2. The predicted octanol–water partition coefficient (Wildman–Crippen LogP) is 3.08. The lowest BCUT2D eigenvalue weighted by Crippen LogP contribution is -2.40. The summed E-state index contributed by atoms with van der Waals surface area (Å²) in [5.41, 5.74) is -0.402. The molecule has 3 heterocycles. The predicted molar refractivity (Wildman–Crippen MR) is 96.3 cm³/mol. The molecule has 0 amide bonds. The van der Waals surface area contributed by atoms with Gasteiger partial charge < -0.3 is 23.7 Å². The second-order valence-electron chi connectivity index (χ2n) is 7.74. The van der Waals surface area contributed by atoms with Gasteiger partial charge in [-0.2, -0.15) is 0 Å². The van der Waals surface area contributed by atoms with Crippen LogP contribution in [0.2, 0.25) is 0 Å². The number of benzene rings is 1. The fourth-order valence-electron chi connectivity index (χ4n) is 3.70. The standard InChI is InChI=1S/C18H23NO7S/c1-17(2)22-9-11(24-17)13-14-15(26-18(3,4)25-14)16(23-13)27-12-8-6-5-7-10(12)19(20)21/h5-8,11,13-16H,9H2,1-4H3/t11-,13-,14+,15+,16+/m1/s1. The van der Waals surface area contributed by atoms with E-state index in [0.29, 0.717) is 11.5 Å². The van der Waals surface area contributed by atoms with Gasteiger partial charge in [0.15, 0.2) is 11.6 Å². The van der Waals surface area contributed by atoms with E-state index in [9.17, 15) is 10.1 Å². The molecular weight excluding hydrogens is 374 g/mol. The number of rotatable bonds is 4. The van der Waals surface area contributed by atoms with Gasteiger partial charge in [0, 0.05) is 6.07 Å². The number of hydrogen-bond donors (Lipinski definition) is 0. The van der Waals surface area contributed by atoms with E-state index < -0.39 is 21.9 Å². The zero-order chi connectivity index (χ0) is 19.4. The summed E-state index contributed by atoms with van der Waals surface area (Å²) in [7, 11) is 0. The molecule has 0 saturated carbocycles. The maximum absolute atomic E-state index is 11.3. The molecule has 0 aliphatic carbocycles. The van der Waals surface area contributed by atoms with E-state index >= 15 is 0 Å². The van der Waals surface area contributed by atoms with Crippen molar-refractivity contribution in [3.05, 3.63) is 34.4 Å². The summed E-state index contributed by atoms with van der Waals surface area (Å²) < 4.78 is 30.0. The lowest BCUT2D eigenvalue weighted by molar-refractivity contribution is -0.387. The molecule has 3 saturated heterocycles. The minimum absolute atomic E-state index is 0.0471. The third kappa shape index (κ3) is 3.72. The average Bonchev–Trinajstić information content (AvgIpc) is 3.19. The number of fused-ring (bicyclic) bond motifs is 1. The zero-order valence-electron chi connectivity index (χ0n) is 15.6. The Hall–Kier alpha value is -1.23. The molecular formula is C18H23NO7S. The Bertz CT molecular complexity index is 740. The van der Waals surface area contributed by atoms with Crippen LogP contribution < -0.4 is 0 Å². The second kappa shape index (κ2) is 6.68. The number of para-hydroxylation sites is 1. The third-order valence-corrected chi connectivity index (χ3v) is 5.96. The van der Waals surface area contributed by atoms with Gasteiger partial charge in [0.2, 0.25) is 0 Å². The van der Waals surface area contributed by atoms with Gasteiger partial charge in [-0.1, -0.05) is 23.9 Å². The Kier molecular flexibility index (Phi) is 4.73. The summed E-state index contributed by atoms with van der Waals surface area (Å²) in [6.07, 6.45) is -1.36. The number of hydrogen-bond acceptors (Lipinski definition) is 8. The largest absolute Gasteiger partial charge is 0.356 e. The summed E-state index contributed by atoms with van der Waals surface area (Å²) in [6.45, 7) is 7.81. The molecule has 5 atom stereocenters. The van der Waals surface area contributed by atoms with Crippen LogP contribution in [0.4, 0.5) is 5.69 Å². The van der Waals surface area contributed by atoms with E-state index in [2.05, 4.69) is 0 Å². The number of nitro benzene ring substituents is 1. The van der Waals surface area contributed by atoms with E-state index in [1.807, 2.05) is 27.7 Å². The zero-order valence-corrected chi connectivity index (χ0v) is 16.4. The summed E-state index contributed by atoms with van der Waals surface area (Å²) in [6, 6.07) is 6.62. The highest BCUT2D eigenvalue weighted by Gasteiger charge is 2.59. The van der Waals surface area contributed by atoms with E-state index in [-0.39, 0.29) is 30.1 Å². The van der Waals surface area contributed by atoms with Gasteiger partial charge in [0.1, 0.15) is 29.9 Å². The van der Waals surface area contributed by atoms with Crippen molar-refractivity contribution in [3.8, 4) is 0 Å². The first-order valence-electron chi connectivity index (χ1n) is 8.88. The van der Waals surface area contributed by atoms with Gasteiger partial charge >= 0.3 is 0 Å². The molecule has 3 fully saturated rings. The van der Waals surface area contributed by atoms with Crippen LogP contribution in [0.15, 0.2) is 29.2 Å². The average molecular weight is 397 g/mol. The minimum atomic E-state index is -0.756. The van der Waals surface area contributed by atoms with Crippen LogP contribution in [0, 0.1) is 10.1 Å². The van der Waals surface area contributed by atoms with Crippen LogP contribution in [0.5, 0.6) is 0 Å². The highest BCUT2D eigenvalue weighted by Crippen LogP contribution is 2.47. The molecule has 0 spiro atoms. The number of ether oxygens (including phenoxy) is 5. The molecule has 0 unspecified atom stereocenters. The van der Waals surface area contributed by atoms with E-state index in [0.717, 1.165) is 0 Å². The van der Waals surface area contributed by atoms with Crippen molar-refractivity contribution < 1.29 is 28.6 Å². The van der Waals surface area contributed by atoms with Crippen LogP contribution in [0.1, 0.15) is 27.7 Å². The fraction of sp³-hybridized carbons (Fsp3) is 0.667. The molecule has 3 aliphatic rings. The van der Waals surface area contributed by atoms with Crippen LogP contribution in [-0.4, -0.2) is 53.0 Å². The lowest BCUT2D eigenvalue weighted by atomic mass is 10.1. The molecule has 27 heavy (non-hydrogen) atoms. The SMILES string of the molecule is CC1(C)O[C@H]2[C@@H]([C@H]3COC(C)(C)O3)O[C@@H](Sc3ccccc3[N+](=O)[O-])[C@H]2O1. The normalized spacial score (nSPS) is 36.7. The molecule has 8 nitrogen and oxygen atoms in total. The Morgan fingerprint density at radius 1 is 1.04 bits per heavy atom. The van der Waals surface area contributed by atoms with Crippen molar-refractivity contribution in [1.29, 1.82) is 0 Å². The van der Waals surface area contributed by atoms with Crippen molar-refractivity contribution in [3.63, 3.8) is 0 Å². The quantitative estimate of drug-likeness (QED) is 0.566. The fourth-order valence-corrected chi connectivity index (χ4v) is 4.89. The summed E-state index contributed by atoms with van der Waals surface area (Å²) >= 11 is 1.28. The molecule has 148 valence electrons. The summed E-state index contributed by atoms with van der Waals surface area (Å²) in [4.78, 5) is 11.5. The van der Waals surface area contributed by atoms with Gasteiger partial charge in [-0.3, -0.25) is 10.1 Å². The highest BCUT2D eigenvalue weighted by molar-refractivity contribution is 8.00. The minimum Gasteiger partial charge on any atom is -0.356 e. The Labute approximate surface area is 161 Å². The first-order chi connectivity index (χ1) is 12.7. The summed E-state index contributed by atoms with van der Waals surface area (Å²) in [5, 5.41) is 11.3. The van der Waals surface area contributed by atoms with Gasteiger partial charge in [-0.05, 0) is 33.8 Å². The van der Waals surface area contributed by atoms with Gasteiger partial charge in [0.05, 0.1) is 16.4 Å². The maximum Gasteiger partial charge on any atom is 0.282 e. The molecule has 0 bridgehead atoms. The Morgan fingerprint density at radius 2 is 1.74 bits per heavy atom. The number of nitrogens with zero attached hydrogens (tertiary/aromatic N) is 1. The Balaban J connectivity index is 1.58. The van der Waals surface area contributed by atoms with Crippen molar-refractivity contribution in [2.75, 3.05) is 6.61 Å². The first kappa shape index (κ1) is 19.1. The molecule has 3 aliphatic heterocycles. The second-order valence-corrected chi connectivity index (χ2v) is 8.88. The van der Waals surface area contributed by atoms with Crippen molar-refractivity contribution in [1.82, 2.24) is 0 Å². The first-order valence-corrected chi connectivity index (χ1v) is 9.76. The Morgan fingerprint density at radius 3 is 2.41 bits per heavy atom. The van der Waals surface area contributed by atoms with Gasteiger partial charge in [-0.25, -0.2) is 0 Å². The number of thioether (sulfide) groups is 1. The lowest BCUT2D eigenvalue weighted by Gasteiger charge is -2.26. The van der Waals surface area contributed by atoms with Crippen molar-refractivity contribution >= 4 is 17.4 Å². The van der Waals surface area contributed by atoms with Crippen LogP contribution in [0.25, 0.3) is 0 Å². The van der Waals surface area contributed by atoms with E-state index in [4.69, 9.17) is 23.7 Å². The van der Waals surface area contributed by atoms with Crippen molar-refractivity contribution in [2.45, 2.75) is 74.0 Å². The van der Waals surface area contributed by atoms with E-state index in [1.54, 1.807) is 18.2 Å². The summed E-state index contributed by atoms with van der Waals surface area (Å²) in [5.74, 6) is -1.43. The molecule has 0 aromatic heterocycles.